The average Bonchev–Trinajstić information content (AvgIpc) is 2.78. The van der Waals surface area contributed by atoms with Crippen molar-refractivity contribution in [2.75, 3.05) is 19.7 Å². The van der Waals surface area contributed by atoms with E-state index >= 15 is 0 Å². The molecule has 0 aromatic heterocycles. The van der Waals surface area contributed by atoms with Crippen molar-refractivity contribution in [2.45, 2.75) is 25.7 Å². The molecule has 1 fully saturated rings. The maximum atomic E-state index is 6.18. The van der Waals surface area contributed by atoms with Crippen molar-refractivity contribution in [3.63, 3.8) is 0 Å². The molecule has 0 spiro atoms. The fourth-order valence-electron chi connectivity index (χ4n) is 2.91. The highest BCUT2D eigenvalue weighted by molar-refractivity contribution is 6.30. The maximum absolute atomic E-state index is 6.18. The molecule has 1 unspecified atom stereocenters. The fourth-order valence-corrected chi connectivity index (χ4v) is 3.17. The minimum atomic E-state index is 0.732. The molecule has 3 heteroatoms. The van der Waals surface area contributed by atoms with E-state index in [0.29, 0.717) is 0 Å². The SMILES string of the molecule is Clc1cc2c(c(CC3CCCNC3)c1)OCC2. The highest BCUT2D eigenvalue weighted by atomic mass is 35.5. The summed E-state index contributed by atoms with van der Waals surface area (Å²) in [6, 6.07) is 4.13. The van der Waals surface area contributed by atoms with Gasteiger partial charge >= 0.3 is 0 Å². The summed E-state index contributed by atoms with van der Waals surface area (Å²) in [6.07, 6.45) is 4.70. The maximum Gasteiger partial charge on any atom is 0.125 e. The Labute approximate surface area is 107 Å². The lowest BCUT2D eigenvalue weighted by molar-refractivity contribution is 0.341. The molecular formula is C14H18ClNO. The Kier molecular flexibility index (Phi) is 3.26. The summed E-state index contributed by atoms with van der Waals surface area (Å²) in [6.45, 7) is 3.10. The van der Waals surface area contributed by atoms with Gasteiger partial charge in [0.1, 0.15) is 5.75 Å². The summed E-state index contributed by atoms with van der Waals surface area (Å²) in [7, 11) is 0. The van der Waals surface area contributed by atoms with Crippen molar-refractivity contribution in [1.82, 2.24) is 5.32 Å². The van der Waals surface area contributed by atoms with Gasteiger partial charge < -0.3 is 10.1 Å². The number of benzene rings is 1. The predicted molar refractivity (Wildman–Crippen MR) is 69.9 cm³/mol. The van der Waals surface area contributed by atoms with Gasteiger partial charge in [-0.2, -0.15) is 0 Å². The van der Waals surface area contributed by atoms with Crippen LogP contribution in [0, 0.1) is 5.92 Å². The number of piperidine rings is 1. The molecule has 2 heterocycles. The Morgan fingerprint density at radius 2 is 2.35 bits per heavy atom. The van der Waals surface area contributed by atoms with Gasteiger partial charge in [-0.1, -0.05) is 11.6 Å². The Balaban J connectivity index is 1.82. The molecule has 0 saturated carbocycles. The third kappa shape index (κ3) is 2.43. The highest BCUT2D eigenvalue weighted by Gasteiger charge is 2.21. The van der Waals surface area contributed by atoms with Gasteiger partial charge in [0.05, 0.1) is 6.61 Å². The lowest BCUT2D eigenvalue weighted by Crippen LogP contribution is -2.30. The molecule has 0 amide bonds. The molecule has 2 nitrogen and oxygen atoms in total. The summed E-state index contributed by atoms with van der Waals surface area (Å²) >= 11 is 6.18. The van der Waals surface area contributed by atoms with Crippen LogP contribution in [0.15, 0.2) is 12.1 Å². The molecule has 1 aromatic carbocycles. The van der Waals surface area contributed by atoms with E-state index in [1.54, 1.807) is 0 Å². The van der Waals surface area contributed by atoms with E-state index in [1.165, 1.54) is 30.5 Å². The van der Waals surface area contributed by atoms with Crippen LogP contribution in [0.2, 0.25) is 5.02 Å². The van der Waals surface area contributed by atoms with Gasteiger partial charge in [-0.25, -0.2) is 0 Å². The van der Waals surface area contributed by atoms with Crippen molar-refractivity contribution >= 4 is 11.6 Å². The Hall–Kier alpha value is -0.730. The summed E-state index contributed by atoms with van der Waals surface area (Å²) in [4.78, 5) is 0. The molecule has 1 saturated heterocycles. The van der Waals surface area contributed by atoms with Crippen LogP contribution in [0.3, 0.4) is 0 Å². The zero-order valence-corrected chi connectivity index (χ0v) is 10.7. The van der Waals surface area contributed by atoms with Crippen LogP contribution in [0.1, 0.15) is 24.0 Å². The van der Waals surface area contributed by atoms with Crippen molar-refractivity contribution < 1.29 is 4.74 Å². The number of nitrogens with one attached hydrogen (secondary N) is 1. The summed E-state index contributed by atoms with van der Waals surface area (Å²) in [5.74, 6) is 1.84. The molecule has 0 radical (unpaired) electrons. The quantitative estimate of drug-likeness (QED) is 0.873. The van der Waals surface area contributed by atoms with E-state index in [9.17, 15) is 0 Å². The second-order valence-electron chi connectivity index (χ2n) is 5.07. The minimum Gasteiger partial charge on any atom is -0.493 e. The molecule has 1 N–H and O–H groups in total. The lowest BCUT2D eigenvalue weighted by atomic mass is 9.91. The van der Waals surface area contributed by atoms with Crippen LogP contribution < -0.4 is 10.1 Å². The fraction of sp³-hybridized carbons (Fsp3) is 0.571. The van der Waals surface area contributed by atoms with Crippen molar-refractivity contribution in [2.24, 2.45) is 5.92 Å². The number of hydrogen-bond donors (Lipinski definition) is 1. The zero-order chi connectivity index (χ0) is 11.7. The van der Waals surface area contributed by atoms with Crippen LogP contribution in [0.4, 0.5) is 0 Å². The molecule has 0 bridgehead atoms. The third-order valence-corrected chi connectivity index (χ3v) is 3.95. The summed E-state index contributed by atoms with van der Waals surface area (Å²) in [5.41, 5.74) is 2.59. The molecule has 0 aliphatic carbocycles. The largest absolute Gasteiger partial charge is 0.493 e. The number of hydrogen-bond acceptors (Lipinski definition) is 2. The van der Waals surface area contributed by atoms with Gasteiger partial charge in [-0.3, -0.25) is 0 Å². The van der Waals surface area contributed by atoms with Crippen LogP contribution in [-0.4, -0.2) is 19.7 Å². The molecule has 2 aliphatic rings. The highest BCUT2D eigenvalue weighted by Crippen LogP contribution is 2.34. The van der Waals surface area contributed by atoms with Gasteiger partial charge in [-0.15, -0.1) is 0 Å². The standard InChI is InChI=1S/C14H18ClNO/c15-13-7-11-3-5-17-14(11)12(8-13)6-10-2-1-4-16-9-10/h7-8,10,16H,1-6,9H2. The van der Waals surface area contributed by atoms with E-state index in [2.05, 4.69) is 11.4 Å². The minimum absolute atomic E-state index is 0.732. The van der Waals surface area contributed by atoms with Gasteiger partial charge in [-0.05, 0) is 61.5 Å². The third-order valence-electron chi connectivity index (χ3n) is 3.73. The Morgan fingerprint density at radius 1 is 1.41 bits per heavy atom. The molecule has 17 heavy (non-hydrogen) atoms. The van der Waals surface area contributed by atoms with E-state index in [4.69, 9.17) is 16.3 Å². The van der Waals surface area contributed by atoms with Crippen LogP contribution in [0.5, 0.6) is 5.75 Å². The number of rotatable bonds is 2. The lowest BCUT2D eigenvalue weighted by Gasteiger charge is -2.23. The smallest absolute Gasteiger partial charge is 0.125 e. The zero-order valence-electron chi connectivity index (χ0n) is 9.97. The normalized spacial score (nSPS) is 23.2. The summed E-state index contributed by atoms with van der Waals surface area (Å²) < 4.78 is 5.75. The molecule has 2 aliphatic heterocycles. The molecule has 92 valence electrons. The second-order valence-corrected chi connectivity index (χ2v) is 5.50. The topological polar surface area (TPSA) is 21.3 Å². The van der Waals surface area contributed by atoms with Crippen molar-refractivity contribution in [1.29, 1.82) is 0 Å². The average molecular weight is 252 g/mol. The number of halogens is 1. The van der Waals surface area contributed by atoms with Crippen LogP contribution in [0.25, 0.3) is 0 Å². The monoisotopic (exact) mass is 251 g/mol. The van der Waals surface area contributed by atoms with Gasteiger partial charge in [0.15, 0.2) is 0 Å². The van der Waals surface area contributed by atoms with E-state index in [-0.39, 0.29) is 0 Å². The first-order valence-electron chi connectivity index (χ1n) is 6.48. The van der Waals surface area contributed by atoms with Crippen molar-refractivity contribution in [3.8, 4) is 5.75 Å². The first kappa shape index (κ1) is 11.4. The molecule has 1 aromatic rings. The van der Waals surface area contributed by atoms with E-state index in [0.717, 1.165) is 42.7 Å². The summed E-state index contributed by atoms with van der Waals surface area (Å²) in [5, 5.41) is 4.32. The molecule has 3 rings (SSSR count). The van der Waals surface area contributed by atoms with Crippen LogP contribution >= 0.6 is 11.6 Å². The second kappa shape index (κ2) is 4.87. The molecular weight excluding hydrogens is 234 g/mol. The Morgan fingerprint density at radius 3 is 3.18 bits per heavy atom. The van der Waals surface area contributed by atoms with Gasteiger partial charge in [0.25, 0.3) is 0 Å². The predicted octanol–water partition coefficient (Wildman–Crippen LogP) is 2.82. The first-order chi connectivity index (χ1) is 8.33. The number of ether oxygens (including phenoxy) is 1. The van der Waals surface area contributed by atoms with Crippen LogP contribution in [-0.2, 0) is 12.8 Å². The van der Waals surface area contributed by atoms with E-state index in [1.807, 2.05) is 6.07 Å². The van der Waals surface area contributed by atoms with Gasteiger partial charge in [0, 0.05) is 11.4 Å². The van der Waals surface area contributed by atoms with Crippen molar-refractivity contribution in [3.05, 3.63) is 28.3 Å². The molecule has 1 atom stereocenters. The first-order valence-corrected chi connectivity index (χ1v) is 6.85. The number of fused-ring (bicyclic) bond motifs is 1. The van der Waals surface area contributed by atoms with E-state index < -0.39 is 0 Å². The Bertz CT molecular complexity index is 413. The van der Waals surface area contributed by atoms with Gasteiger partial charge in [0.2, 0.25) is 0 Å².